The first kappa shape index (κ1) is 18.7. The van der Waals surface area contributed by atoms with E-state index in [1.165, 1.54) is 6.07 Å². The normalized spacial score (nSPS) is 25.8. The number of hydrogen-bond acceptors (Lipinski definition) is 4. The highest BCUT2D eigenvalue weighted by atomic mass is 19.1. The third kappa shape index (κ3) is 3.43. The Labute approximate surface area is 162 Å². The summed E-state index contributed by atoms with van der Waals surface area (Å²) in [5.74, 6) is -0.599. The Balaban J connectivity index is 1.30. The summed E-state index contributed by atoms with van der Waals surface area (Å²) >= 11 is 0. The lowest BCUT2D eigenvalue weighted by atomic mass is 9.96. The van der Waals surface area contributed by atoms with Crippen molar-refractivity contribution < 1.29 is 23.5 Å². The van der Waals surface area contributed by atoms with E-state index in [1.807, 2.05) is 0 Å². The maximum absolute atomic E-state index is 13.7. The highest BCUT2D eigenvalue weighted by Gasteiger charge is 2.56. The summed E-state index contributed by atoms with van der Waals surface area (Å²) < 4.78 is 19.4. The fourth-order valence-electron chi connectivity index (χ4n) is 3.97. The zero-order chi connectivity index (χ0) is 19.9. The molecule has 2 aliphatic heterocycles. The number of carbonyl (C=O) groups excluding carboxylic acids is 3. The number of nitrogens with zero attached hydrogens (tertiary/aromatic N) is 2. The molecule has 150 valence electrons. The zero-order valence-corrected chi connectivity index (χ0v) is 15.8. The number of halogens is 1. The van der Waals surface area contributed by atoms with Crippen LogP contribution >= 0.6 is 0 Å². The van der Waals surface area contributed by atoms with Gasteiger partial charge in [-0.3, -0.25) is 14.5 Å². The van der Waals surface area contributed by atoms with Gasteiger partial charge in [0, 0.05) is 25.9 Å². The lowest BCUT2D eigenvalue weighted by Gasteiger charge is -2.33. The molecule has 7 nitrogen and oxygen atoms in total. The van der Waals surface area contributed by atoms with Crippen LogP contribution in [0.5, 0.6) is 5.75 Å². The third-order valence-electron chi connectivity index (χ3n) is 5.91. The molecule has 2 saturated heterocycles. The number of amides is 4. The number of para-hydroxylation sites is 1. The van der Waals surface area contributed by atoms with Gasteiger partial charge in [0.1, 0.15) is 18.2 Å². The van der Waals surface area contributed by atoms with Crippen molar-refractivity contribution in [2.45, 2.75) is 44.2 Å². The van der Waals surface area contributed by atoms with Crippen molar-refractivity contribution in [3.8, 4) is 5.75 Å². The SMILES string of the molecule is C[C@]1(C2CC2)NC(=O)N(CC(=O)N2CCC(Oc3ccccc3F)CC2)C1=O. The first-order valence-corrected chi connectivity index (χ1v) is 9.71. The van der Waals surface area contributed by atoms with E-state index in [9.17, 15) is 18.8 Å². The summed E-state index contributed by atoms with van der Waals surface area (Å²) in [5, 5.41) is 2.75. The summed E-state index contributed by atoms with van der Waals surface area (Å²) in [5.41, 5.74) is -0.877. The highest BCUT2D eigenvalue weighted by Crippen LogP contribution is 2.42. The van der Waals surface area contributed by atoms with E-state index in [0.717, 1.165) is 17.7 Å². The predicted molar refractivity (Wildman–Crippen MR) is 98.0 cm³/mol. The average molecular weight is 389 g/mol. The van der Waals surface area contributed by atoms with Crippen LogP contribution in [0.3, 0.4) is 0 Å². The van der Waals surface area contributed by atoms with Crippen molar-refractivity contribution in [3.05, 3.63) is 30.1 Å². The van der Waals surface area contributed by atoms with Crippen LogP contribution in [-0.2, 0) is 9.59 Å². The molecule has 8 heteroatoms. The molecule has 4 rings (SSSR count). The molecule has 1 saturated carbocycles. The molecule has 4 amide bonds. The van der Waals surface area contributed by atoms with E-state index in [2.05, 4.69) is 5.32 Å². The van der Waals surface area contributed by atoms with Crippen molar-refractivity contribution in [1.82, 2.24) is 15.1 Å². The van der Waals surface area contributed by atoms with E-state index in [4.69, 9.17) is 4.74 Å². The van der Waals surface area contributed by atoms with Crippen LogP contribution in [0, 0.1) is 11.7 Å². The number of hydrogen-bond donors (Lipinski definition) is 1. The molecule has 0 unspecified atom stereocenters. The van der Waals surface area contributed by atoms with Gasteiger partial charge in [-0.2, -0.15) is 0 Å². The second-order valence-electron chi connectivity index (χ2n) is 7.93. The molecule has 3 fully saturated rings. The molecule has 1 atom stereocenters. The van der Waals surface area contributed by atoms with Crippen LogP contribution < -0.4 is 10.1 Å². The van der Waals surface area contributed by atoms with Gasteiger partial charge in [0.05, 0.1) is 0 Å². The topological polar surface area (TPSA) is 79.0 Å². The van der Waals surface area contributed by atoms with E-state index in [1.54, 1.807) is 30.0 Å². The fourth-order valence-corrected chi connectivity index (χ4v) is 3.97. The minimum absolute atomic E-state index is 0.162. The lowest BCUT2D eigenvalue weighted by molar-refractivity contribution is -0.140. The Hall–Kier alpha value is -2.64. The molecule has 2 heterocycles. The molecule has 0 bridgehead atoms. The van der Waals surface area contributed by atoms with Crippen LogP contribution in [0.2, 0.25) is 0 Å². The molecule has 1 N–H and O–H groups in total. The molecule has 1 aromatic carbocycles. The number of imide groups is 1. The fraction of sp³-hybridized carbons (Fsp3) is 0.550. The summed E-state index contributed by atoms with van der Waals surface area (Å²) in [6, 6.07) is 5.76. The second-order valence-corrected chi connectivity index (χ2v) is 7.93. The second kappa shape index (κ2) is 7.07. The van der Waals surface area contributed by atoms with E-state index in [-0.39, 0.29) is 36.1 Å². The summed E-state index contributed by atoms with van der Waals surface area (Å²) in [4.78, 5) is 40.1. The van der Waals surface area contributed by atoms with Crippen molar-refractivity contribution >= 4 is 17.8 Å². The quantitative estimate of drug-likeness (QED) is 0.781. The van der Waals surface area contributed by atoms with E-state index in [0.29, 0.717) is 25.9 Å². The van der Waals surface area contributed by atoms with Gasteiger partial charge in [-0.25, -0.2) is 9.18 Å². The van der Waals surface area contributed by atoms with Gasteiger partial charge >= 0.3 is 6.03 Å². The molecule has 0 aromatic heterocycles. The number of carbonyl (C=O) groups is 3. The lowest BCUT2D eigenvalue weighted by Crippen LogP contribution is -2.49. The molecule has 1 aromatic rings. The summed E-state index contributed by atoms with van der Waals surface area (Å²) in [7, 11) is 0. The molecule has 0 radical (unpaired) electrons. The van der Waals surface area contributed by atoms with Crippen LogP contribution in [0.25, 0.3) is 0 Å². The highest BCUT2D eigenvalue weighted by molar-refractivity contribution is 6.09. The first-order valence-electron chi connectivity index (χ1n) is 9.71. The number of benzene rings is 1. The summed E-state index contributed by atoms with van der Waals surface area (Å²) in [6.07, 6.45) is 2.80. The van der Waals surface area contributed by atoms with E-state index >= 15 is 0 Å². The molecular formula is C20H24FN3O4. The maximum Gasteiger partial charge on any atom is 0.325 e. The minimum atomic E-state index is -0.877. The molecule has 1 aliphatic carbocycles. The summed E-state index contributed by atoms with van der Waals surface area (Å²) in [6.45, 7) is 2.38. The van der Waals surface area contributed by atoms with Crippen molar-refractivity contribution in [1.29, 1.82) is 0 Å². The Morgan fingerprint density at radius 1 is 1.21 bits per heavy atom. The van der Waals surface area contributed by atoms with Crippen molar-refractivity contribution in [3.63, 3.8) is 0 Å². The van der Waals surface area contributed by atoms with Crippen LogP contribution in [-0.4, -0.2) is 58.9 Å². The van der Waals surface area contributed by atoms with Gasteiger partial charge in [-0.1, -0.05) is 12.1 Å². The number of piperidine rings is 1. The van der Waals surface area contributed by atoms with Gasteiger partial charge in [0.2, 0.25) is 5.91 Å². The monoisotopic (exact) mass is 389 g/mol. The van der Waals surface area contributed by atoms with Gasteiger partial charge in [0.25, 0.3) is 5.91 Å². The van der Waals surface area contributed by atoms with Crippen molar-refractivity contribution in [2.24, 2.45) is 5.92 Å². The Kier molecular flexibility index (Phi) is 4.72. The van der Waals surface area contributed by atoms with Crippen LogP contribution in [0.15, 0.2) is 24.3 Å². The Morgan fingerprint density at radius 2 is 1.89 bits per heavy atom. The largest absolute Gasteiger partial charge is 0.487 e. The standard InChI is InChI=1S/C20H24FN3O4/c1-20(13-6-7-13)18(26)24(19(27)22-20)12-17(25)23-10-8-14(9-11-23)28-16-5-3-2-4-15(16)21/h2-5,13-14H,6-12H2,1H3,(H,22,27)/t20-/m1/s1. The average Bonchev–Trinajstić information content (AvgIpc) is 3.50. The van der Waals surface area contributed by atoms with E-state index < -0.39 is 17.4 Å². The van der Waals surface area contributed by atoms with Gasteiger partial charge in [-0.05, 0) is 37.8 Å². The van der Waals surface area contributed by atoms with Crippen LogP contribution in [0.1, 0.15) is 32.6 Å². The maximum atomic E-state index is 13.7. The molecular weight excluding hydrogens is 365 g/mol. The number of rotatable bonds is 5. The van der Waals surface area contributed by atoms with Gasteiger partial charge in [-0.15, -0.1) is 0 Å². The number of nitrogens with one attached hydrogen (secondary N) is 1. The number of likely N-dealkylation sites (tertiary alicyclic amines) is 1. The minimum Gasteiger partial charge on any atom is -0.487 e. The third-order valence-corrected chi connectivity index (χ3v) is 5.91. The van der Waals surface area contributed by atoms with Gasteiger partial charge < -0.3 is 15.0 Å². The number of ether oxygens (including phenoxy) is 1. The predicted octanol–water partition coefficient (Wildman–Crippen LogP) is 1.92. The Morgan fingerprint density at radius 3 is 2.54 bits per heavy atom. The van der Waals surface area contributed by atoms with Gasteiger partial charge in [0.15, 0.2) is 11.6 Å². The molecule has 28 heavy (non-hydrogen) atoms. The zero-order valence-electron chi connectivity index (χ0n) is 15.8. The van der Waals surface area contributed by atoms with Crippen molar-refractivity contribution in [2.75, 3.05) is 19.6 Å². The first-order chi connectivity index (χ1) is 13.4. The number of urea groups is 1. The molecule has 0 spiro atoms. The Bertz CT molecular complexity index is 804. The molecule has 3 aliphatic rings. The smallest absolute Gasteiger partial charge is 0.325 e. The van der Waals surface area contributed by atoms with Crippen LogP contribution in [0.4, 0.5) is 9.18 Å².